The van der Waals surface area contributed by atoms with Crippen LogP contribution in [0, 0.1) is 0 Å². The van der Waals surface area contributed by atoms with Crippen LogP contribution in [-0.4, -0.2) is 19.4 Å². The van der Waals surface area contributed by atoms with Gasteiger partial charge in [-0.05, 0) is 18.7 Å². The van der Waals surface area contributed by atoms with E-state index in [4.69, 9.17) is 4.74 Å². The molecule has 1 aromatic rings. The number of hydrogen-bond donors (Lipinski definition) is 1. The van der Waals surface area contributed by atoms with E-state index in [9.17, 15) is 0 Å². The molecule has 1 aliphatic heterocycles. The molecular weight excluding hydrogens is 194 g/mol. The van der Waals surface area contributed by atoms with E-state index in [1.54, 1.807) is 7.11 Å². The summed E-state index contributed by atoms with van der Waals surface area (Å²) in [6.45, 7) is 2.24. The van der Waals surface area contributed by atoms with Gasteiger partial charge in [0, 0.05) is 11.3 Å². The summed E-state index contributed by atoms with van der Waals surface area (Å²) in [7, 11) is 3.74. The second-order valence-corrected chi connectivity index (χ2v) is 4.86. The lowest BCUT2D eigenvalue weighted by atomic mass is 10.0. The summed E-state index contributed by atoms with van der Waals surface area (Å²) >= 11 is 1.89. The average Bonchev–Trinajstić information content (AvgIpc) is 2.52. The zero-order valence-electron chi connectivity index (χ0n) is 8.70. The van der Waals surface area contributed by atoms with E-state index in [2.05, 4.69) is 24.4 Å². The Morgan fingerprint density at radius 2 is 2.21 bits per heavy atom. The number of methoxy groups -OCH3 is 1. The Morgan fingerprint density at radius 1 is 1.43 bits per heavy atom. The van der Waals surface area contributed by atoms with Gasteiger partial charge in [0.1, 0.15) is 5.75 Å². The zero-order valence-corrected chi connectivity index (χ0v) is 9.52. The SMILES string of the molecule is CNC1c2cccc(OC)c2SC1C. The summed E-state index contributed by atoms with van der Waals surface area (Å²) in [6, 6.07) is 6.71. The molecule has 0 radical (unpaired) electrons. The van der Waals surface area contributed by atoms with Gasteiger partial charge in [-0.3, -0.25) is 0 Å². The van der Waals surface area contributed by atoms with Crippen molar-refractivity contribution in [2.75, 3.05) is 14.2 Å². The van der Waals surface area contributed by atoms with E-state index < -0.39 is 0 Å². The maximum absolute atomic E-state index is 5.35. The second kappa shape index (κ2) is 3.83. The van der Waals surface area contributed by atoms with Crippen molar-refractivity contribution in [1.29, 1.82) is 0 Å². The number of nitrogens with one attached hydrogen (secondary N) is 1. The van der Waals surface area contributed by atoms with Crippen LogP contribution in [0.15, 0.2) is 23.1 Å². The summed E-state index contributed by atoms with van der Waals surface area (Å²) in [5.74, 6) is 0.997. The van der Waals surface area contributed by atoms with Crippen LogP contribution in [-0.2, 0) is 0 Å². The van der Waals surface area contributed by atoms with Crippen LogP contribution in [0.5, 0.6) is 5.75 Å². The normalized spacial score (nSPS) is 24.8. The summed E-state index contributed by atoms with van der Waals surface area (Å²) in [6.07, 6.45) is 0. The number of benzene rings is 1. The fourth-order valence-corrected chi connectivity index (χ4v) is 3.35. The van der Waals surface area contributed by atoms with Crippen molar-refractivity contribution in [1.82, 2.24) is 5.32 Å². The van der Waals surface area contributed by atoms with E-state index >= 15 is 0 Å². The van der Waals surface area contributed by atoms with Crippen molar-refractivity contribution in [3.05, 3.63) is 23.8 Å². The van der Waals surface area contributed by atoms with Crippen LogP contribution in [0.3, 0.4) is 0 Å². The highest BCUT2D eigenvalue weighted by atomic mass is 32.2. The Balaban J connectivity index is 2.45. The van der Waals surface area contributed by atoms with Gasteiger partial charge >= 0.3 is 0 Å². The fraction of sp³-hybridized carbons (Fsp3) is 0.455. The Hall–Kier alpha value is -0.670. The molecule has 2 unspecified atom stereocenters. The molecular formula is C11H15NOS. The lowest BCUT2D eigenvalue weighted by Gasteiger charge is -2.13. The molecule has 0 aliphatic carbocycles. The van der Waals surface area contributed by atoms with E-state index in [0.717, 1.165) is 5.75 Å². The Morgan fingerprint density at radius 3 is 2.86 bits per heavy atom. The highest BCUT2D eigenvalue weighted by molar-refractivity contribution is 8.00. The summed E-state index contributed by atoms with van der Waals surface area (Å²) in [5.41, 5.74) is 1.37. The lowest BCUT2D eigenvalue weighted by molar-refractivity contribution is 0.403. The minimum atomic E-state index is 0.449. The van der Waals surface area contributed by atoms with Gasteiger partial charge in [0.2, 0.25) is 0 Å². The number of thioether (sulfide) groups is 1. The van der Waals surface area contributed by atoms with E-state index in [-0.39, 0.29) is 0 Å². The molecule has 0 bridgehead atoms. The predicted molar refractivity (Wildman–Crippen MR) is 60.1 cm³/mol. The number of ether oxygens (including phenoxy) is 1. The highest BCUT2D eigenvalue weighted by Gasteiger charge is 2.30. The first-order chi connectivity index (χ1) is 6.77. The van der Waals surface area contributed by atoms with Crippen molar-refractivity contribution in [2.24, 2.45) is 0 Å². The van der Waals surface area contributed by atoms with Crippen molar-refractivity contribution >= 4 is 11.8 Å². The van der Waals surface area contributed by atoms with Crippen molar-refractivity contribution in [3.63, 3.8) is 0 Å². The van der Waals surface area contributed by atoms with Crippen LogP contribution >= 0.6 is 11.8 Å². The Kier molecular flexibility index (Phi) is 2.70. The first-order valence-electron chi connectivity index (χ1n) is 4.78. The number of hydrogen-bond acceptors (Lipinski definition) is 3. The van der Waals surface area contributed by atoms with Crippen LogP contribution in [0.1, 0.15) is 18.5 Å². The molecule has 2 rings (SSSR count). The molecule has 1 N–H and O–H groups in total. The molecule has 0 saturated carbocycles. The maximum Gasteiger partial charge on any atom is 0.132 e. The molecule has 14 heavy (non-hydrogen) atoms. The highest BCUT2D eigenvalue weighted by Crippen LogP contribution is 2.47. The zero-order chi connectivity index (χ0) is 10.1. The monoisotopic (exact) mass is 209 g/mol. The van der Waals surface area contributed by atoms with E-state index in [0.29, 0.717) is 11.3 Å². The molecule has 0 saturated heterocycles. The molecule has 2 atom stereocenters. The van der Waals surface area contributed by atoms with Gasteiger partial charge < -0.3 is 10.1 Å². The van der Waals surface area contributed by atoms with Gasteiger partial charge in [-0.2, -0.15) is 0 Å². The summed E-state index contributed by atoms with van der Waals surface area (Å²) in [4.78, 5) is 1.29. The third-order valence-electron chi connectivity index (χ3n) is 2.65. The molecule has 1 aliphatic rings. The van der Waals surface area contributed by atoms with Gasteiger partial charge in [-0.1, -0.05) is 19.1 Å². The standard InChI is InChI=1S/C11H15NOS/c1-7-10(12-2)8-5-4-6-9(13-3)11(8)14-7/h4-7,10,12H,1-3H3. The minimum Gasteiger partial charge on any atom is -0.496 e. The first-order valence-corrected chi connectivity index (χ1v) is 5.66. The molecule has 3 heteroatoms. The molecule has 0 amide bonds. The van der Waals surface area contributed by atoms with Gasteiger partial charge in [-0.25, -0.2) is 0 Å². The molecule has 1 aromatic carbocycles. The van der Waals surface area contributed by atoms with Crippen LogP contribution < -0.4 is 10.1 Å². The fourth-order valence-electron chi connectivity index (χ4n) is 1.96. The molecule has 76 valence electrons. The molecule has 2 nitrogen and oxygen atoms in total. The summed E-state index contributed by atoms with van der Waals surface area (Å²) < 4.78 is 5.35. The molecule has 0 aromatic heterocycles. The van der Waals surface area contributed by atoms with Crippen LogP contribution in [0.4, 0.5) is 0 Å². The van der Waals surface area contributed by atoms with Crippen molar-refractivity contribution < 1.29 is 4.74 Å². The van der Waals surface area contributed by atoms with Gasteiger partial charge in [-0.15, -0.1) is 11.8 Å². The van der Waals surface area contributed by atoms with Crippen molar-refractivity contribution in [2.45, 2.75) is 23.1 Å². The topological polar surface area (TPSA) is 21.3 Å². The molecule has 1 heterocycles. The largest absolute Gasteiger partial charge is 0.496 e. The minimum absolute atomic E-state index is 0.449. The lowest BCUT2D eigenvalue weighted by Crippen LogP contribution is -2.21. The number of rotatable bonds is 2. The third-order valence-corrected chi connectivity index (χ3v) is 3.97. The first kappa shape index (κ1) is 9.87. The molecule has 0 spiro atoms. The Labute approximate surface area is 89.0 Å². The second-order valence-electron chi connectivity index (χ2n) is 3.47. The van der Waals surface area contributed by atoms with E-state index in [1.807, 2.05) is 24.9 Å². The quantitative estimate of drug-likeness (QED) is 0.808. The van der Waals surface area contributed by atoms with Crippen LogP contribution in [0.25, 0.3) is 0 Å². The maximum atomic E-state index is 5.35. The van der Waals surface area contributed by atoms with Gasteiger partial charge in [0.15, 0.2) is 0 Å². The average molecular weight is 209 g/mol. The van der Waals surface area contributed by atoms with Gasteiger partial charge in [0.05, 0.1) is 12.0 Å². The third kappa shape index (κ3) is 1.41. The smallest absolute Gasteiger partial charge is 0.132 e. The summed E-state index contributed by atoms with van der Waals surface area (Å²) in [5, 5.41) is 3.92. The van der Waals surface area contributed by atoms with Crippen LogP contribution in [0.2, 0.25) is 0 Å². The number of fused-ring (bicyclic) bond motifs is 1. The molecule has 0 fully saturated rings. The van der Waals surface area contributed by atoms with Gasteiger partial charge in [0.25, 0.3) is 0 Å². The van der Waals surface area contributed by atoms with Crippen molar-refractivity contribution in [3.8, 4) is 5.75 Å². The predicted octanol–water partition coefficient (Wildman–Crippen LogP) is 2.45. The Bertz CT molecular complexity index is 340. The van der Waals surface area contributed by atoms with E-state index in [1.165, 1.54) is 10.5 Å².